The molecule has 0 saturated carbocycles. The maximum Gasteiger partial charge on any atom is 0.245 e. The maximum absolute atomic E-state index is 12.5. The molecule has 0 radical (unpaired) electrons. The Labute approximate surface area is 187 Å². The van der Waals surface area contributed by atoms with Crippen LogP contribution in [0.4, 0.5) is 11.4 Å². The third kappa shape index (κ3) is 6.59. The third-order valence-electron chi connectivity index (χ3n) is 4.58. The number of hydrogen-bond donors (Lipinski definition) is 1. The molecule has 8 heteroatoms. The van der Waals surface area contributed by atoms with Gasteiger partial charge in [-0.3, -0.25) is 9.10 Å². The lowest BCUT2D eigenvalue weighted by molar-refractivity contribution is -0.114. The van der Waals surface area contributed by atoms with E-state index in [1.807, 2.05) is 30.3 Å². The zero-order valence-electron chi connectivity index (χ0n) is 17.6. The first kappa shape index (κ1) is 22.8. The van der Waals surface area contributed by atoms with Gasteiger partial charge >= 0.3 is 0 Å². The number of nitriles is 1. The number of ether oxygens (including phenoxy) is 1. The molecule has 0 spiro atoms. The van der Waals surface area contributed by atoms with Crippen molar-refractivity contribution in [2.24, 2.45) is 0 Å². The van der Waals surface area contributed by atoms with Gasteiger partial charge in [-0.25, -0.2) is 8.42 Å². The quantitative estimate of drug-likeness (QED) is 0.537. The minimum atomic E-state index is -3.69. The molecule has 0 bridgehead atoms. The fourth-order valence-electron chi connectivity index (χ4n) is 2.98. The van der Waals surface area contributed by atoms with Crippen molar-refractivity contribution in [1.29, 1.82) is 5.26 Å². The summed E-state index contributed by atoms with van der Waals surface area (Å²) < 4.78 is 31.4. The van der Waals surface area contributed by atoms with Crippen LogP contribution in [0, 0.1) is 11.3 Å². The highest BCUT2D eigenvalue weighted by atomic mass is 32.2. The second kappa shape index (κ2) is 10.5. The largest absolute Gasteiger partial charge is 0.489 e. The van der Waals surface area contributed by atoms with Crippen molar-refractivity contribution >= 4 is 27.3 Å². The first-order chi connectivity index (χ1) is 15.3. The Hall–Kier alpha value is -3.83. The van der Waals surface area contributed by atoms with Crippen LogP contribution in [0.3, 0.4) is 0 Å². The number of amides is 1. The molecule has 0 unspecified atom stereocenters. The van der Waals surface area contributed by atoms with Crippen molar-refractivity contribution in [3.8, 4) is 11.8 Å². The molecule has 7 nitrogen and oxygen atoms in total. The highest BCUT2D eigenvalue weighted by molar-refractivity contribution is 7.92. The molecule has 3 aromatic carbocycles. The molecule has 3 rings (SSSR count). The highest BCUT2D eigenvalue weighted by Crippen LogP contribution is 2.22. The standard InChI is InChI=1S/C24H23N3O4S/c1-32(29,30)27(17-24(28)26-21-9-7-19(8-10-21)15-16-25)22-11-13-23(14-12-22)31-18-20-5-3-2-4-6-20/h2-14H,15,17-18H2,1H3,(H,26,28). The molecule has 0 aromatic heterocycles. The van der Waals surface area contributed by atoms with E-state index >= 15 is 0 Å². The van der Waals surface area contributed by atoms with Crippen LogP contribution in [0.25, 0.3) is 0 Å². The summed E-state index contributed by atoms with van der Waals surface area (Å²) in [6.07, 6.45) is 1.33. The number of hydrogen-bond acceptors (Lipinski definition) is 5. The van der Waals surface area contributed by atoms with Crippen LogP contribution in [0.15, 0.2) is 78.9 Å². The normalized spacial score (nSPS) is 10.8. The molecule has 3 aromatic rings. The summed E-state index contributed by atoms with van der Waals surface area (Å²) in [4.78, 5) is 12.5. The summed E-state index contributed by atoms with van der Waals surface area (Å²) in [6.45, 7) is 0.0224. The summed E-state index contributed by atoms with van der Waals surface area (Å²) in [5, 5.41) is 11.4. The molecular weight excluding hydrogens is 426 g/mol. The summed E-state index contributed by atoms with van der Waals surface area (Å²) in [5.41, 5.74) is 2.73. The summed E-state index contributed by atoms with van der Waals surface area (Å²) in [7, 11) is -3.69. The van der Waals surface area contributed by atoms with E-state index in [4.69, 9.17) is 10.00 Å². The van der Waals surface area contributed by atoms with Gasteiger partial charge in [0, 0.05) is 5.69 Å². The summed E-state index contributed by atoms with van der Waals surface area (Å²) in [6, 6.07) is 25.1. The second-order valence-corrected chi connectivity index (χ2v) is 9.02. The van der Waals surface area contributed by atoms with Crippen LogP contribution >= 0.6 is 0 Å². The first-order valence-electron chi connectivity index (χ1n) is 9.85. The number of carbonyl (C=O) groups excluding carboxylic acids is 1. The molecule has 0 saturated heterocycles. The zero-order valence-corrected chi connectivity index (χ0v) is 18.4. The van der Waals surface area contributed by atoms with Gasteiger partial charge in [0.25, 0.3) is 0 Å². The van der Waals surface area contributed by atoms with Gasteiger partial charge in [0.05, 0.1) is 24.4 Å². The van der Waals surface area contributed by atoms with E-state index in [9.17, 15) is 13.2 Å². The Morgan fingerprint density at radius 1 is 0.969 bits per heavy atom. The second-order valence-electron chi connectivity index (χ2n) is 7.12. The predicted octanol–water partition coefficient (Wildman–Crippen LogP) is 3.74. The number of carbonyl (C=O) groups is 1. The van der Waals surface area contributed by atoms with Crippen LogP contribution in [0.1, 0.15) is 11.1 Å². The number of benzene rings is 3. The van der Waals surface area contributed by atoms with E-state index in [0.717, 1.165) is 21.7 Å². The van der Waals surface area contributed by atoms with E-state index < -0.39 is 15.9 Å². The lowest BCUT2D eigenvalue weighted by Gasteiger charge is -2.22. The number of sulfonamides is 1. The lowest BCUT2D eigenvalue weighted by Crippen LogP contribution is -2.37. The monoisotopic (exact) mass is 449 g/mol. The SMILES string of the molecule is CS(=O)(=O)N(CC(=O)Nc1ccc(CC#N)cc1)c1ccc(OCc2ccccc2)cc1. The molecule has 0 aliphatic carbocycles. The molecule has 0 heterocycles. The fraction of sp³-hybridized carbons (Fsp3) is 0.167. The van der Waals surface area contributed by atoms with Crippen molar-refractivity contribution in [2.75, 3.05) is 22.4 Å². The third-order valence-corrected chi connectivity index (χ3v) is 5.72. The van der Waals surface area contributed by atoms with Gasteiger partial charge in [0.2, 0.25) is 15.9 Å². The van der Waals surface area contributed by atoms with Crippen LogP contribution in [-0.4, -0.2) is 27.1 Å². The topological polar surface area (TPSA) is 99.5 Å². The van der Waals surface area contributed by atoms with Crippen molar-refractivity contribution in [1.82, 2.24) is 0 Å². The minimum absolute atomic E-state index is 0.279. The smallest absolute Gasteiger partial charge is 0.245 e. The molecule has 1 amide bonds. The number of nitrogens with one attached hydrogen (secondary N) is 1. The highest BCUT2D eigenvalue weighted by Gasteiger charge is 2.21. The zero-order chi connectivity index (χ0) is 23.0. The lowest BCUT2D eigenvalue weighted by atomic mass is 10.1. The van der Waals surface area contributed by atoms with Gasteiger partial charge in [-0.1, -0.05) is 42.5 Å². The van der Waals surface area contributed by atoms with Gasteiger partial charge in [-0.15, -0.1) is 0 Å². The van der Waals surface area contributed by atoms with Crippen LogP contribution in [0.5, 0.6) is 5.75 Å². The Balaban J connectivity index is 1.65. The van der Waals surface area contributed by atoms with Gasteiger partial charge in [0.1, 0.15) is 18.9 Å². The Kier molecular flexibility index (Phi) is 7.47. The van der Waals surface area contributed by atoms with Gasteiger partial charge < -0.3 is 10.1 Å². The summed E-state index contributed by atoms with van der Waals surface area (Å²) in [5.74, 6) is 0.112. The van der Waals surface area contributed by atoms with Crippen molar-refractivity contribution < 1.29 is 17.9 Å². The molecule has 0 atom stereocenters. The van der Waals surface area contributed by atoms with E-state index in [2.05, 4.69) is 11.4 Å². The van der Waals surface area contributed by atoms with Gasteiger partial charge in [0.15, 0.2) is 0 Å². The molecule has 0 aliphatic rings. The average molecular weight is 450 g/mol. The van der Waals surface area contributed by atoms with Crippen LogP contribution in [-0.2, 0) is 27.8 Å². The van der Waals surface area contributed by atoms with Crippen molar-refractivity contribution in [3.63, 3.8) is 0 Å². The minimum Gasteiger partial charge on any atom is -0.489 e. The Morgan fingerprint density at radius 3 is 2.22 bits per heavy atom. The van der Waals surface area contributed by atoms with Crippen molar-refractivity contribution in [2.45, 2.75) is 13.0 Å². The number of anilines is 2. The number of nitrogens with zero attached hydrogens (tertiary/aromatic N) is 2. The molecule has 32 heavy (non-hydrogen) atoms. The Morgan fingerprint density at radius 2 is 1.62 bits per heavy atom. The maximum atomic E-state index is 12.5. The number of rotatable bonds is 9. The van der Waals surface area contributed by atoms with Crippen molar-refractivity contribution in [3.05, 3.63) is 90.0 Å². The van der Waals surface area contributed by atoms with Crippen LogP contribution in [0.2, 0.25) is 0 Å². The predicted molar refractivity (Wildman–Crippen MR) is 124 cm³/mol. The van der Waals surface area contributed by atoms with E-state index in [1.165, 1.54) is 0 Å². The van der Waals surface area contributed by atoms with E-state index in [1.54, 1.807) is 48.5 Å². The molecule has 1 N–H and O–H groups in total. The molecular formula is C24H23N3O4S. The summed E-state index contributed by atoms with van der Waals surface area (Å²) >= 11 is 0. The average Bonchev–Trinajstić information content (AvgIpc) is 2.78. The van der Waals surface area contributed by atoms with Crippen LogP contribution < -0.4 is 14.4 Å². The Bertz CT molecular complexity index is 1190. The molecule has 0 fully saturated rings. The molecule has 0 aliphatic heterocycles. The fourth-order valence-corrected chi connectivity index (χ4v) is 3.83. The molecule has 164 valence electrons. The first-order valence-corrected chi connectivity index (χ1v) is 11.7. The van der Waals surface area contributed by atoms with E-state index in [-0.39, 0.29) is 13.0 Å². The van der Waals surface area contributed by atoms with Gasteiger partial charge in [-0.2, -0.15) is 5.26 Å². The van der Waals surface area contributed by atoms with E-state index in [0.29, 0.717) is 23.7 Å². The van der Waals surface area contributed by atoms with Gasteiger partial charge in [-0.05, 0) is 47.5 Å².